The van der Waals surface area contributed by atoms with Crippen molar-refractivity contribution in [3.05, 3.63) is 88.0 Å². The second-order valence-corrected chi connectivity index (χ2v) is 14.3. The van der Waals surface area contributed by atoms with Gasteiger partial charge in [0.25, 0.3) is 15.9 Å². The van der Waals surface area contributed by atoms with Crippen LogP contribution in [0.2, 0.25) is 5.02 Å². The van der Waals surface area contributed by atoms with Crippen molar-refractivity contribution in [1.29, 1.82) is 0 Å². The summed E-state index contributed by atoms with van der Waals surface area (Å²) >= 11 is 7.85. The highest BCUT2D eigenvalue weighted by atomic mass is 35.5. The lowest BCUT2D eigenvalue weighted by Gasteiger charge is -2.41. The van der Waals surface area contributed by atoms with Gasteiger partial charge in [-0.2, -0.15) is 24.9 Å². The Labute approximate surface area is 249 Å². The minimum Gasteiger partial charge on any atom is -0.346 e. The third kappa shape index (κ3) is 5.15. The highest BCUT2D eigenvalue weighted by Crippen LogP contribution is 2.59. The van der Waals surface area contributed by atoms with E-state index in [9.17, 15) is 30.8 Å². The summed E-state index contributed by atoms with van der Waals surface area (Å²) in [7, 11) is -3.96. The molecule has 0 radical (unpaired) electrons. The van der Waals surface area contributed by atoms with Crippen molar-refractivity contribution < 1.29 is 30.8 Å². The van der Waals surface area contributed by atoms with Gasteiger partial charge in [0.05, 0.1) is 34.4 Å². The number of nitrogens with one attached hydrogen (secondary N) is 1. The molecule has 6 rings (SSSR count). The van der Waals surface area contributed by atoms with Gasteiger partial charge in [-0.1, -0.05) is 11.6 Å². The summed E-state index contributed by atoms with van der Waals surface area (Å²) in [5.74, 6) is 0.155. The molecule has 1 aliphatic carbocycles. The van der Waals surface area contributed by atoms with E-state index in [0.29, 0.717) is 23.0 Å². The minimum absolute atomic E-state index is 0.138. The number of carbonyl (C=O) groups is 1. The average molecular weight is 640 g/mol. The normalized spacial score (nSPS) is 20.0. The number of hydrogen-bond donors (Lipinski definition) is 1. The molecule has 1 unspecified atom stereocenters. The number of benzene rings is 2. The molecule has 6 nitrogen and oxygen atoms in total. The fourth-order valence-corrected chi connectivity index (χ4v) is 9.32. The number of sulfonamides is 1. The number of amides is 1. The van der Waals surface area contributed by atoms with Crippen molar-refractivity contribution >= 4 is 45.0 Å². The van der Waals surface area contributed by atoms with Gasteiger partial charge in [0, 0.05) is 22.2 Å². The molecule has 3 aromatic rings. The van der Waals surface area contributed by atoms with Crippen molar-refractivity contribution in [3.63, 3.8) is 0 Å². The molecule has 1 atom stereocenters. The Bertz CT molecular complexity index is 1640. The number of nitrogens with zero attached hydrogens (tertiary/aromatic N) is 2. The third-order valence-corrected chi connectivity index (χ3v) is 11.4. The van der Waals surface area contributed by atoms with Crippen molar-refractivity contribution in [2.45, 2.75) is 54.8 Å². The Morgan fingerprint density at radius 3 is 2.40 bits per heavy atom. The number of anilines is 1. The second kappa shape index (κ2) is 10.7. The maximum atomic E-state index is 14.3. The van der Waals surface area contributed by atoms with E-state index in [1.807, 2.05) is 11.8 Å². The van der Waals surface area contributed by atoms with Crippen LogP contribution in [-0.2, 0) is 28.2 Å². The number of halogens is 5. The Kier molecular flexibility index (Phi) is 7.46. The molecule has 0 bridgehead atoms. The van der Waals surface area contributed by atoms with Gasteiger partial charge >= 0.3 is 6.18 Å². The second-order valence-electron chi connectivity index (χ2n) is 10.9. The predicted octanol–water partition coefficient (Wildman–Crippen LogP) is 6.58. The lowest BCUT2D eigenvalue weighted by atomic mass is 9.70. The van der Waals surface area contributed by atoms with Crippen molar-refractivity contribution in [3.8, 4) is 0 Å². The first kappa shape index (κ1) is 29.3. The van der Waals surface area contributed by atoms with Gasteiger partial charge in [-0.3, -0.25) is 14.1 Å². The molecule has 1 N–H and O–H groups in total. The van der Waals surface area contributed by atoms with Crippen LogP contribution < -0.4 is 9.62 Å². The summed E-state index contributed by atoms with van der Waals surface area (Å²) < 4.78 is 82.8. The van der Waals surface area contributed by atoms with Gasteiger partial charge in [-0.25, -0.2) is 12.8 Å². The molecule has 222 valence electrons. The van der Waals surface area contributed by atoms with Gasteiger partial charge in [0.1, 0.15) is 5.82 Å². The van der Waals surface area contributed by atoms with E-state index in [1.165, 1.54) is 18.2 Å². The van der Waals surface area contributed by atoms with Crippen molar-refractivity contribution in [1.82, 2.24) is 10.3 Å². The molecule has 1 spiro atoms. The molecule has 13 heteroatoms. The summed E-state index contributed by atoms with van der Waals surface area (Å²) in [6.07, 6.45) is -0.869. The lowest BCUT2D eigenvalue weighted by molar-refractivity contribution is -0.138. The van der Waals surface area contributed by atoms with Crippen LogP contribution in [0.4, 0.5) is 23.2 Å². The van der Waals surface area contributed by atoms with Gasteiger partial charge in [0.15, 0.2) is 0 Å². The lowest BCUT2D eigenvalue weighted by Crippen LogP contribution is -2.50. The number of rotatable bonds is 6. The zero-order valence-electron chi connectivity index (χ0n) is 22.1. The molecule has 1 amide bonds. The van der Waals surface area contributed by atoms with Crippen LogP contribution in [0.5, 0.6) is 0 Å². The Balaban J connectivity index is 1.35. The largest absolute Gasteiger partial charge is 0.417 e. The van der Waals surface area contributed by atoms with Crippen LogP contribution in [-0.4, -0.2) is 36.9 Å². The fourth-order valence-electron chi connectivity index (χ4n) is 6.17. The van der Waals surface area contributed by atoms with Crippen LogP contribution >= 0.6 is 23.4 Å². The number of alkyl halides is 3. The molecule has 1 saturated heterocycles. The standard InChI is InChI=1S/C29H26ClF4N3O3S2/c30-20-4-6-21(7-5-20)42(39,40)37-25-8-3-18(13-22(25)28(9-11-41-12-10-28)26(37)17-1-2-17)27(38)36-16-24-23(31)14-19(15-35-24)29(32,33)34/h3-8,13-15,17,26H,1-2,9-12,16H2,(H,36,38). The first-order chi connectivity index (χ1) is 19.9. The van der Waals surface area contributed by atoms with Crippen LogP contribution in [0.25, 0.3) is 0 Å². The Morgan fingerprint density at radius 2 is 1.79 bits per heavy atom. The highest BCUT2D eigenvalue weighted by Gasteiger charge is 2.59. The maximum Gasteiger partial charge on any atom is 0.417 e. The SMILES string of the molecule is O=C(NCc1ncc(C(F)(F)F)cc1F)c1ccc2c(c1)C1(CCSCC1)C(C1CC1)N2S(=O)(=O)c1ccc(Cl)cc1. The van der Waals surface area contributed by atoms with E-state index >= 15 is 0 Å². The van der Waals surface area contributed by atoms with Crippen LogP contribution in [0.3, 0.4) is 0 Å². The van der Waals surface area contributed by atoms with Gasteiger partial charge in [0.2, 0.25) is 0 Å². The molecule has 3 heterocycles. The predicted molar refractivity (Wildman–Crippen MR) is 153 cm³/mol. The van der Waals surface area contributed by atoms with E-state index in [1.54, 1.807) is 28.6 Å². The molecule has 1 aromatic heterocycles. The summed E-state index contributed by atoms with van der Waals surface area (Å²) in [5.41, 5.74) is -0.428. The summed E-state index contributed by atoms with van der Waals surface area (Å²) in [6.45, 7) is -0.413. The first-order valence-electron chi connectivity index (χ1n) is 13.4. The molecule has 2 aromatic carbocycles. The van der Waals surface area contributed by atoms with Crippen molar-refractivity contribution in [2.75, 3.05) is 15.8 Å². The first-order valence-corrected chi connectivity index (χ1v) is 16.4. The third-order valence-electron chi connectivity index (χ3n) is 8.34. The molecule has 1 saturated carbocycles. The van der Waals surface area contributed by atoms with Crippen LogP contribution in [0.15, 0.2) is 59.6 Å². The number of pyridine rings is 1. The number of aromatic nitrogens is 1. The smallest absolute Gasteiger partial charge is 0.346 e. The van der Waals surface area contributed by atoms with E-state index in [0.717, 1.165) is 42.8 Å². The van der Waals surface area contributed by atoms with E-state index in [4.69, 9.17) is 11.6 Å². The molecule has 2 aliphatic heterocycles. The maximum absolute atomic E-state index is 14.3. The fraction of sp³-hybridized carbons (Fsp3) is 0.379. The minimum atomic E-state index is -4.74. The molecular weight excluding hydrogens is 614 g/mol. The number of hydrogen-bond acceptors (Lipinski definition) is 5. The van der Waals surface area contributed by atoms with Crippen LogP contribution in [0.1, 0.15) is 52.9 Å². The van der Waals surface area contributed by atoms with E-state index < -0.39 is 45.4 Å². The Morgan fingerprint density at radius 1 is 1.10 bits per heavy atom. The van der Waals surface area contributed by atoms with E-state index in [-0.39, 0.29) is 28.1 Å². The summed E-state index contributed by atoms with van der Waals surface area (Å²) in [6, 6.07) is 11.1. The molecule has 42 heavy (non-hydrogen) atoms. The van der Waals surface area contributed by atoms with Gasteiger partial charge < -0.3 is 5.32 Å². The average Bonchev–Trinajstić information content (AvgIpc) is 3.76. The van der Waals surface area contributed by atoms with Crippen molar-refractivity contribution in [2.24, 2.45) is 5.92 Å². The molecular formula is C29H26ClF4N3O3S2. The van der Waals surface area contributed by atoms with Gasteiger partial charge in [-0.15, -0.1) is 0 Å². The van der Waals surface area contributed by atoms with Crippen LogP contribution in [0, 0.1) is 11.7 Å². The number of fused-ring (bicyclic) bond motifs is 2. The number of carbonyl (C=O) groups excluding carboxylic acids is 1. The molecule has 3 aliphatic rings. The monoisotopic (exact) mass is 639 g/mol. The zero-order valence-corrected chi connectivity index (χ0v) is 24.5. The summed E-state index contributed by atoms with van der Waals surface area (Å²) in [5, 5.41) is 2.97. The summed E-state index contributed by atoms with van der Waals surface area (Å²) in [4.78, 5) is 16.9. The quantitative estimate of drug-likeness (QED) is 0.309. The van der Waals surface area contributed by atoms with E-state index in [2.05, 4.69) is 10.3 Å². The number of thioether (sulfide) groups is 1. The molecule has 2 fully saturated rings. The highest BCUT2D eigenvalue weighted by molar-refractivity contribution is 7.99. The Hall–Kier alpha value is -2.83. The topological polar surface area (TPSA) is 79.4 Å². The van der Waals surface area contributed by atoms with Gasteiger partial charge in [-0.05, 0) is 97.2 Å². The zero-order chi connectivity index (χ0) is 29.9.